The van der Waals surface area contributed by atoms with Gasteiger partial charge in [-0.2, -0.15) is 0 Å². The highest BCUT2D eigenvalue weighted by molar-refractivity contribution is 5.76. The van der Waals surface area contributed by atoms with Crippen molar-refractivity contribution in [2.75, 3.05) is 7.11 Å². The zero-order chi connectivity index (χ0) is 10.9. The van der Waals surface area contributed by atoms with E-state index >= 15 is 0 Å². The third kappa shape index (κ3) is 1.96. The van der Waals surface area contributed by atoms with Gasteiger partial charge in [0.05, 0.1) is 7.11 Å². The van der Waals surface area contributed by atoms with Crippen LogP contribution in [0.5, 0.6) is 5.75 Å². The molecule has 0 bridgehead atoms. The van der Waals surface area contributed by atoms with Crippen LogP contribution in [0.15, 0.2) is 24.3 Å². The molecule has 0 aromatic heterocycles. The molecule has 1 saturated carbocycles. The zero-order valence-corrected chi connectivity index (χ0v) is 8.82. The molecule has 0 radical (unpaired) electrons. The molecule has 2 N–H and O–H groups in total. The van der Waals surface area contributed by atoms with Crippen molar-refractivity contribution in [1.82, 2.24) is 0 Å². The van der Waals surface area contributed by atoms with E-state index in [9.17, 15) is 4.79 Å². The third-order valence-corrected chi connectivity index (χ3v) is 3.07. The van der Waals surface area contributed by atoms with Crippen LogP contribution in [0, 0.1) is 0 Å². The van der Waals surface area contributed by atoms with E-state index in [1.54, 1.807) is 7.11 Å². The number of ether oxygens (including phenoxy) is 1. The highest BCUT2D eigenvalue weighted by atomic mass is 16.5. The van der Waals surface area contributed by atoms with Crippen LogP contribution in [0.25, 0.3) is 0 Å². The van der Waals surface area contributed by atoms with Crippen molar-refractivity contribution >= 4 is 5.91 Å². The lowest BCUT2D eigenvalue weighted by atomic mass is 9.92. The summed E-state index contributed by atoms with van der Waals surface area (Å²) in [6.07, 6.45) is 2.57. The Hall–Kier alpha value is -1.51. The molecule has 1 aliphatic carbocycles. The number of methoxy groups -OCH3 is 1. The van der Waals surface area contributed by atoms with E-state index in [1.165, 1.54) is 5.56 Å². The van der Waals surface area contributed by atoms with Crippen LogP contribution < -0.4 is 10.5 Å². The van der Waals surface area contributed by atoms with Crippen molar-refractivity contribution in [1.29, 1.82) is 0 Å². The lowest BCUT2D eigenvalue weighted by Crippen LogP contribution is -2.19. The topological polar surface area (TPSA) is 52.3 Å². The van der Waals surface area contributed by atoms with Gasteiger partial charge in [0.25, 0.3) is 0 Å². The number of amides is 1. The summed E-state index contributed by atoms with van der Waals surface area (Å²) >= 11 is 0. The summed E-state index contributed by atoms with van der Waals surface area (Å²) in [4.78, 5) is 10.9. The second-order valence-corrected chi connectivity index (χ2v) is 4.15. The minimum Gasteiger partial charge on any atom is -0.497 e. The molecule has 1 fully saturated rings. The van der Waals surface area contributed by atoms with Crippen molar-refractivity contribution in [3.05, 3.63) is 29.8 Å². The number of hydrogen-bond acceptors (Lipinski definition) is 2. The van der Waals surface area contributed by atoms with Gasteiger partial charge in [-0.05, 0) is 30.5 Å². The van der Waals surface area contributed by atoms with Crippen molar-refractivity contribution < 1.29 is 9.53 Å². The van der Waals surface area contributed by atoms with E-state index in [1.807, 2.05) is 24.3 Å². The second-order valence-electron chi connectivity index (χ2n) is 4.15. The first-order valence-electron chi connectivity index (χ1n) is 5.09. The standard InChI is InChI=1S/C12H15NO2/c1-15-10-4-2-9(3-5-10)12(6-7-12)8-11(13)14/h2-5H,6-8H2,1H3,(H2,13,14). The van der Waals surface area contributed by atoms with Crippen LogP contribution in [0.1, 0.15) is 24.8 Å². The summed E-state index contributed by atoms with van der Waals surface area (Å²) in [7, 11) is 1.64. The first-order valence-corrected chi connectivity index (χ1v) is 5.09. The van der Waals surface area contributed by atoms with E-state index in [0.717, 1.165) is 18.6 Å². The maximum Gasteiger partial charge on any atom is 0.218 e. The minimum atomic E-state index is -0.219. The molecule has 80 valence electrons. The molecular weight excluding hydrogens is 190 g/mol. The average molecular weight is 205 g/mol. The molecule has 2 rings (SSSR count). The smallest absolute Gasteiger partial charge is 0.218 e. The molecule has 0 saturated heterocycles. The van der Waals surface area contributed by atoms with Gasteiger partial charge in [-0.15, -0.1) is 0 Å². The van der Waals surface area contributed by atoms with Crippen LogP contribution in [0.3, 0.4) is 0 Å². The molecule has 3 nitrogen and oxygen atoms in total. The lowest BCUT2D eigenvalue weighted by molar-refractivity contribution is -0.118. The molecule has 0 spiro atoms. The SMILES string of the molecule is COc1ccc(C2(CC(N)=O)CC2)cc1. The van der Waals surface area contributed by atoms with Gasteiger partial charge in [0.1, 0.15) is 5.75 Å². The summed E-state index contributed by atoms with van der Waals surface area (Å²) in [5.41, 5.74) is 6.47. The van der Waals surface area contributed by atoms with Crippen LogP contribution in [0.4, 0.5) is 0 Å². The number of nitrogens with two attached hydrogens (primary N) is 1. The number of benzene rings is 1. The van der Waals surface area contributed by atoms with Crippen LogP contribution in [0.2, 0.25) is 0 Å². The highest BCUT2D eigenvalue weighted by Gasteiger charge is 2.45. The van der Waals surface area contributed by atoms with Gasteiger partial charge in [0.15, 0.2) is 0 Å². The van der Waals surface area contributed by atoms with Crippen LogP contribution in [-0.2, 0) is 10.2 Å². The van der Waals surface area contributed by atoms with E-state index in [-0.39, 0.29) is 11.3 Å². The van der Waals surface area contributed by atoms with E-state index in [4.69, 9.17) is 10.5 Å². The van der Waals surface area contributed by atoms with Gasteiger partial charge in [-0.1, -0.05) is 12.1 Å². The van der Waals surface area contributed by atoms with Crippen LogP contribution >= 0.6 is 0 Å². The van der Waals surface area contributed by atoms with E-state index in [0.29, 0.717) is 6.42 Å². The Morgan fingerprint density at radius 1 is 1.40 bits per heavy atom. The molecule has 1 aromatic rings. The fourth-order valence-electron chi connectivity index (χ4n) is 2.00. The predicted molar refractivity (Wildman–Crippen MR) is 57.7 cm³/mol. The Morgan fingerprint density at radius 2 is 2.00 bits per heavy atom. The molecule has 0 atom stereocenters. The van der Waals surface area contributed by atoms with Crippen molar-refractivity contribution in [2.45, 2.75) is 24.7 Å². The predicted octanol–water partition coefficient (Wildman–Crippen LogP) is 1.60. The molecule has 3 heteroatoms. The van der Waals surface area contributed by atoms with Crippen molar-refractivity contribution in [2.24, 2.45) is 5.73 Å². The average Bonchev–Trinajstić information content (AvgIpc) is 2.98. The fraction of sp³-hybridized carbons (Fsp3) is 0.417. The van der Waals surface area contributed by atoms with E-state index in [2.05, 4.69) is 0 Å². The molecule has 1 amide bonds. The third-order valence-electron chi connectivity index (χ3n) is 3.07. The molecule has 1 aromatic carbocycles. The Bertz CT molecular complexity index is 366. The molecule has 0 heterocycles. The fourth-order valence-corrected chi connectivity index (χ4v) is 2.00. The van der Waals surface area contributed by atoms with Crippen molar-refractivity contribution in [3.63, 3.8) is 0 Å². The zero-order valence-electron chi connectivity index (χ0n) is 8.82. The largest absolute Gasteiger partial charge is 0.497 e. The Kier molecular flexibility index (Phi) is 2.39. The Morgan fingerprint density at radius 3 is 2.40 bits per heavy atom. The molecule has 15 heavy (non-hydrogen) atoms. The minimum absolute atomic E-state index is 0.0259. The lowest BCUT2D eigenvalue weighted by Gasteiger charge is -2.13. The first-order chi connectivity index (χ1) is 7.16. The van der Waals surface area contributed by atoms with Gasteiger partial charge < -0.3 is 10.5 Å². The summed E-state index contributed by atoms with van der Waals surface area (Å²) in [6.45, 7) is 0. The number of carbonyl (C=O) groups excluding carboxylic acids is 1. The molecule has 0 unspecified atom stereocenters. The summed E-state index contributed by atoms with van der Waals surface area (Å²) < 4.78 is 5.09. The maximum absolute atomic E-state index is 10.9. The normalized spacial score (nSPS) is 17.1. The van der Waals surface area contributed by atoms with Crippen molar-refractivity contribution in [3.8, 4) is 5.75 Å². The number of primary amides is 1. The van der Waals surface area contributed by atoms with Gasteiger partial charge in [0, 0.05) is 11.8 Å². The Balaban J connectivity index is 2.18. The second kappa shape index (κ2) is 3.57. The van der Waals surface area contributed by atoms with Gasteiger partial charge in [0.2, 0.25) is 5.91 Å². The highest BCUT2D eigenvalue weighted by Crippen LogP contribution is 2.51. The monoisotopic (exact) mass is 205 g/mol. The Labute approximate surface area is 89.2 Å². The first kappa shape index (κ1) is 10.0. The van der Waals surface area contributed by atoms with Gasteiger partial charge in [-0.3, -0.25) is 4.79 Å². The number of rotatable bonds is 4. The summed E-state index contributed by atoms with van der Waals surface area (Å²) in [5.74, 6) is 0.622. The maximum atomic E-state index is 10.9. The van der Waals surface area contributed by atoms with Crippen LogP contribution in [-0.4, -0.2) is 13.0 Å². The van der Waals surface area contributed by atoms with Gasteiger partial charge >= 0.3 is 0 Å². The molecule has 1 aliphatic rings. The quantitative estimate of drug-likeness (QED) is 0.811. The van der Waals surface area contributed by atoms with Gasteiger partial charge in [-0.25, -0.2) is 0 Å². The van der Waals surface area contributed by atoms with E-state index < -0.39 is 0 Å². The summed E-state index contributed by atoms with van der Waals surface area (Å²) in [5, 5.41) is 0. The molecular formula is C12H15NO2. The molecule has 0 aliphatic heterocycles. The number of carbonyl (C=O) groups is 1. The summed E-state index contributed by atoms with van der Waals surface area (Å²) in [6, 6.07) is 7.90. The number of hydrogen-bond donors (Lipinski definition) is 1.